The number of hydrogen-bond acceptors (Lipinski definition) is 4. The number of hydrogen-bond donors (Lipinski definition) is 2. The molecule has 2 aromatic carbocycles. The molecule has 3 N–H and O–H groups in total. The highest BCUT2D eigenvalue weighted by atomic mass is 16.5. The number of benzene rings is 2. The molecule has 0 radical (unpaired) electrons. The Balaban J connectivity index is 2.06. The SMILES string of the molecule is COc1cccc(C(N)c2cnc3ccccc3c2)c1O. The Labute approximate surface area is 122 Å². The van der Waals surface area contributed by atoms with Gasteiger partial charge in [-0.15, -0.1) is 0 Å². The lowest BCUT2D eigenvalue weighted by Gasteiger charge is -2.16. The number of phenols is 1. The number of para-hydroxylation sites is 2. The van der Waals surface area contributed by atoms with Crippen molar-refractivity contribution in [1.82, 2.24) is 4.98 Å². The zero-order chi connectivity index (χ0) is 14.8. The quantitative estimate of drug-likeness (QED) is 0.774. The van der Waals surface area contributed by atoms with E-state index in [1.807, 2.05) is 36.4 Å². The van der Waals surface area contributed by atoms with Crippen LogP contribution in [0.1, 0.15) is 17.2 Å². The van der Waals surface area contributed by atoms with Crippen LogP contribution in [0.25, 0.3) is 10.9 Å². The standard InChI is InChI=1S/C17H16N2O2/c1-21-15-8-4-6-13(17(15)20)16(18)12-9-11-5-2-3-7-14(11)19-10-12/h2-10,16,20H,18H2,1H3. The average molecular weight is 280 g/mol. The minimum absolute atomic E-state index is 0.0701. The van der Waals surface area contributed by atoms with Crippen LogP contribution < -0.4 is 10.5 Å². The van der Waals surface area contributed by atoms with Gasteiger partial charge < -0.3 is 15.6 Å². The number of aromatic hydroxyl groups is 1. The van der Waals surface area contributed by atoms with Crippen LogP contribution in [0.15, 0.2) is 54.7 Å². The number of phenolic OH excluding ortho intramolecular Hbond substituents is 1. The summed E-state index contributed by atoms with van der Waals surface area (Å²) in [5, 5.41) is 11.2. The fraction of sp³-hybridized carbons (Fsp3) is 0.118. The minimum atomic E-state index is -0.461. The number of rotatable bonds is 3. The third-order valence-corrected chi connectivity index (χ3v) is 3.56. The van der Waals surface area contributed by atoms with E-state index < -0.39 is 6.04 Å². The number of fused-ring (bicyclic) bond motifs is 1. The monoisotopic (exact) mass is 280 g/mol. The summed E-state index contributed by atoms with van der Waals surface area (Å²) >= 11 is 0. The van der Waals surface area contributed by atoms with Crippen LogP contribution in [0.5, 0.6) is 11.5 Å². The van der Waals surface area contributed by atoms with Crippen LogP contribution in [0, 0.1) is 0 Å². The maximum absolute atomic E-state index is 10.2. The molecule has 0 fully saturated rings. The Morgan fingerprint density at radius 3 is 2.76 bits per heavy atom. The molecule has 0 saturated heterocycles. The van der Waals surface area contributed by atoms with E-state index in [0.717, 1.165) is 16.5 Å². The molecule has 0 aliphatic carbocycles. The zero-order valence-corrected chi connectivity index (χ0v) is 11.7. The molecule has 1 heterocycles. The van der Waals surface area contributed by atoms with Crippen molar-refractivity contribution in [2.75, 3.05) is 7.11 Å². The predicted octanol–water partition coefficient (Wildman–Crippen LogP) is 3.00. The van der Waals surface area contributed by atoms with E-state index in [2.05, 4.69) is 4.98 Å². The second kappa shape index (κ2) is 5.42. The smallest absolute Gasteiger partial charge is 0.162 e. The summed E-state index contributed by atoms with van der Waals surface area (Å²) in [5.41, 5.74) is 8.66. The largest absolute Gasteiger partial charge is 0.504 e. The molecule has 1 atom stereocenters. The van der Waals surface area contributed by atoms with Crippen molar-refractivity contribution in [3.8, 4) is 11.5 Å². The lowest BCUT2D eigenvalue weighted by molar-refractivity contribution is 0.369. The summed E-state index contributed by atoms with van der Waals surface area (Å²) < 4.78 is 5.12. The minimum Gasteiger partial charge on any atom is -0.504 e. The number of nitrogens with zero attached hydrogens (tertiary/aromatic N) is 1. The first-order valence-electron chi connectivity index (χ1n) is 6.67. The Bertz CT molecular complexity index is 787. The average Bonchev–Trinajstić information content (AvgIpc) is 2.54. The summed E-state index contributed by atoms with van der Waals surface area (Å²) in [7, 11) is 1.52. The number of methoxy groups -OCH3 is 1. The van der Waals surface area contributed by atoms with E-state index in [4.69, 9.17) is 10.5 Å². The second-order valence-corrected chi connectivity index (χ2v) is 4.84. The lowest BCUT2D eigenvalue weighted by atomic mass is 9.98. The molecule has 0 saturated carbocycles. The number of aromatic nitrogens is 1. The Morgan fingerprint density at radius 2 is 1.95 bits per heavy atom. The van der Waals surface area contributed by atoms with E-state index >= 15 is 0 Å². The zero-order valence-electron chi connectivity index (χ0n) is 11.7. The van der Waals surface area contributed by atoms with E-state index in [0.29, 0.717) is 11.3 Å². The highest BCUT2D eigenvalue weighted by molar-refractivity contribution is 5.79. The van der Waals surface area contributed by atoms with Crippen molar-refractivity contribution < 1.29 is 9.84 Å². The van der Waals surface area contributed by atoms with Gasteiger partial charge in [-0.1, -0.05) is 30.3 Å². The third-order valence-electron chi connectivity index (χ3n) is 3.56. The Kier molecular flexibility index (Phi) is 3.46. The van der Waals surface area contributed by atoms with Gasteiger partial charge in [0.1, 0.15) is 0 Å². The molecule has 0 aliphatic heterocycles. The third kappa shape index (κ3) is 2.41. The molecule has 4 heteroatoms. The van der Waals surface area contributed by atoms with Crippen LogP contribution in [0.2, 0.25) is 0 Å². The maximum Gasteiger partial charge on any atom is 0.162 e. The molecule has 1 aromatic heterocycles. The summed E-state index contributed by atoms with van der Waals surface area (Å²) in [5.74, 6) is 0.484. The molecule has 0 bridgehead atoms. The van der Waals surface area contributed by atoms with Gasteiger partial charge in [0.25, 0.3) is 0 Å². The Hall–Kier alpha value is -2.59. The topological polar surface area (TPSA) is 68.4 Å². The van der Waals surface area contributed by atoms with E-state index in [-0.39, 0.29) is 5.75 Å². The number of pyridine rings is 1. The number of nitrogens with two attached hydrogens (primary N) is 1. The molecular weight excluding hydrogens is 264 g/mol. The van der Waals surface area contributed by atoms with Crippen molar-refractivity contribution in [3.63, 3.8) is 0 Å². The first-order valence-corrected chi connectivity index (χ1v) is 6.67. The molecule has 0 aliphatic rings. The van der Waals surface area contributed by atoms with Crippen molar-refractivity contribution in [1.29, 1.82) is 0 Å². The molecule has 1 unspecified atom stereocenters. The molecule has 3 rings (SSSR count). The molecule has 4 nitrogen and oxygen atoms in total. The summed E-state index contributed by atoms with van der Waals surface area (Å²) in [6.07, 6.45) is 1.74. The second-order valence-electron chi connectivity index (χ2n) is 4.84. The molecule has 21 heavy (non-hydrogen) atoms. The van der Waals surface area contributed by atoms with Gasteiger partial charge in [-0.25, -0.2) is 0 Å². The van der Waals surface area contributed by atoms with Crippen LogP contribution >= 0.6 is 0 Å². The van der Waals surface area contributed by atoms with Gasteiger partial charge in [-0.2, -0.15) is 0 Å². The summed E-state index contributed by atoms with van der Waals surface area (Å²) in [6.45, 7) is 0. The van der Waals surface area contributed by atoms with Crippen molar-refractivity contribution in [2.45, 2.75) is 6.04 Å². The first kappa shape index (κ1) is 13.4. The van der Waals surface area contributed by atoms with E-state index in [9.17, 15) is 5.11 Å². The van der Waals surface area contributed by atoms with Crippen molar-refractivity contribution in [2.24, 2.45) is 5.73 Å². The highest BCUT2D eigenvalue weighted by Gasteiger charge is 2.16. The van der Waals surface area contributed by atoms with Gasteiger partial charge in [0.15, 0.2) is 11.5 Å². The van der Waals surface area contributed by atoms with Crippen LogP contribution in [0.4, 0.5) is 0 Å². The maximum atomic E-state index is 10.2. The summed E-state index contributed by atoms with van der Waals surface area (Å²) in [6, 6.07) is 14.7. The van der Waals surface area contributed by atoms with E-state index in [1.54, 1.807) is 18.3 Å². The van der Waals surface area contributed by atoms with Gasteiger partial charge in [0.05, 0.1) is 18.7 Å². The van der Waals surface area contributed by atoms with Gasteiger partial charge in [-0.05, 0) is 23.8 Å². The van der Waals surface area contributed by atoms with Crippen molar-refractivity contribution in [3.05, 3.63) is 65.9 Å². The van der Waals surface area contributed by atoms with E-state index in [1.165, 1.54) is 7.11 Å². The van der Waals surface area contributed by atoms with Crippen LogP contribution in [-0.4, -0.2) is 17.2 Å². The van der Waals surface area contributed by atoms with Crippen molar-refractivity contribution >= 4 is 10.9 Å². The highest BCUT2D eigenvalue weighted by Crippen LogP contribution is 2.35. The molecule has 0 spiro atoms. The molecule has 3 aromatic rings. The van der Waals surface area contributed by atoms with Gasteiger partial charge in [-0.3, -0.25) is 4.98 Å². The first-order chi connectivity index (χ1) is 10.2. The fourth-order valence-corrected chi connectivity index (χ4v) is 2.39. The molecule has 0 amide bonds. The predicted molar refractivity (Wildman–Crippen MR) is 82.4 cm³/mol. The molecule has 106 valence electrons. The molecular formula is C17H16N2O2. The fourth-order valence-electron chi connectivity index (χ4n) is 2.39. The van der Waals surface area contributed by atoms with Gasteiger partial charge in [0.2, 0.25) is 0 Å². The number of ether oxygens (including phenoxy) is 1. The normalized spacial score (nSPS) is 12.3. The van der Waals surface area contributed by atoms with Crippen LogP contribution in [0.3, 0.4) is 0 Å². The lowest BCUT2D eigenvalue weighted by Crippen LogP contribution is -2.12. The Morgan fingerprint density at radius 1 is 1.14 bits per heavy atom. The van der Waals surface area contributed by atoms with Gasteiger partial charge in [0, 0.05) is 17.1 Å². The summed E-state index contributed by atoms with van der Waals surface area (Å²) in [4.78, 5) is 4.41. The van der Waals surface area contributed by atoms with Crippen LogP contribution in [-0.2, 0) is 0 Å². The van der Waals surface area contributed by atoms with Gasteiger partial charge >= 0.3 is 0 Å².